The zero-order chi connectivity index (χ0) is 28.8. The van der Waals surface area contributed by atoms with E-state index in [1.807, 2.05) is 91.0 Å². The quantitative estimate of drug-likeness (QED) is 0.259. The number of benzene rings is 3. The molecule has 3 aromatic carbocycles. The highest BCUT2D eigenvalue weighted by Gasteiger charge is 2.40. The summed E-state index contributed by atoms with van der Waals surface area (Å²) < 4.78 is 11.3. The lowest BCUT2D eigenvalue weighted by Gasteiger charge is -2.33. The minimum absolute atomic E-state index is 0.0139. The molecule has 0 bridgehead atoms. The number of ketones is 1. The van der Waals surface area contributed by atoms with Crippen molar-refractivity contribution in [2.75, 3.05) is 0 Å². The second kappa shape index (κ2) is 12.1. The van der Waals surface area contributed by atoms with Gasteiger partial charge in [0.2, 0.25) is 0 Å². The molecule has 2 N–H and O–H groups in total. The maximum Gasteiger partial charge on any atom is 0.343 e. The monoisotopic (exact) mass is 547 g/mol. The van der Waals surface area contributed by atoms with Crippen LogP contribution in [0.1, 0.15) is 48.0 Å². The lowest BCUT2D eigenvalue weighted by Crippen LogP contribution is -2.44. The lowest BCUT2D eigenvalue weighted by molar-refractivity contribution is -0.157. The molecule has 3 aromatic rings. The summed E-state index contributed by atoms with van der Waals surface area (Å²) in [7, 11) is 0. The molecule has 39 heavy (non-hydrogen) atoms. The molecule has 0 radical (unpaired) electrons. The van der Waals surface area contributed by atoms with Gasteiger partial charge in [0.1, 0.15) is 22.5 Å². The van der Waals surface area contributed by atoms with Crippen LogP contribution in [0, 0.1) is 0 Å². The number of ether oxygens (including phenoxy) is 2. The van der Waals surface area contributed by atoms with Crippen molar-refractivity contribution >= 4 is 45.8 Å². The van der Waals surface area contributed by atoms with Crippen LogP contribution in [0.4, 0.5) is 0 Å². The zero-order valence-corrected chi connectivity index (χ0v) is 24.4. The van der Waals surface area contributed by atoms with Crippen molar-refractivity contribution in [3.63, 3.8) is 0 Å². The Labute approximate surface area is 231 Å². The van der Waals surface area contributed by atoms with Gasteiger partial charge in [-0.05, 0) is 64.3 Å². The molecule has 0 unspecified atom stereocenters. The van der Waals surface area contributed by atoms with Crippen LogP contribution in [0.5, 0.6) is 0 Å². The van der Waals surface area contributed by atoms with Gasteiger partial charge in [0.25, 0.3) is 0 Å². The van der Waals surface area contributed by atoms with E-state index < -0.39 is 48.3 Å². The molecule has 1 atom stereocenters. The van der Waals surface area contributed by atoms with E-state index in [2.05, 4.69) is 0 Å². The molecule has 0 heterocycles. The molecule has 0 fully saturated rings. The molecule has 206 valence electrons. The fourth-order valence-corrected chi connectivity index (χ4v) is 8.62. The van der Waals surface area contributed by atoms with Gasteiger partial charge in [-0.15, -0.1) is 0 Å². The van der Waals surface area contributed by atoms with E-state index in [1.54, 1.807) is 41.5 Å². The van der Waals surface area contributed by atoms with Crippen LogP contribution in [0.15, 0.2) is 91.0 Å². The Morgan fingerprint density at radius 3 is 1.36 bits per heavy atom. The first-order chi connectivity index (χ1) is 18.3. The molecule has 0 saturated heterocycles. The maximum absolute atomic E-state index is 14.3. The van der Waals surface area contributed by atoms with Crippen molar-refractivity contribution < 1.29 is 23.9 Å². The van der Waals surface area contributed by atoms with Crippen LogP contribution in [-0.4, -0.2) is 40.3 Å². The summed E-state index contributed by atoms with van der Waals surface area (Å²) in [6.45, 7) is 7.36. The third-order valence-corrected chi connectivity index (χ3v) is 10.1. The van der Waals surface area contributed by atoms with Crippen LogP contribution < -0.4 is 21.6 Å². The molecule has 3 rings (SSSR count). The highest BCUT2D eigenvalue weighted by Crippen LogP contribution is 2.47. The van der Waals surface area contributed by atoms with Crippen LogP contribution in [0.3, 0.4) is 0 Å². The largest absolute Gasteiger partial charge is 0.459 e. The fourth-order valence-electron chi connectivity index (χ4n) is 4.31. The van der Waals surface area contributed by atoms with E-state index in [0.29, 0.717) is 0 Å². The van der Waals surface area contributed by atoms with Crippen LogP contribution in [-0.2, 0) is 23.9 Å². The normalized spacial score (nSPS) is 12.8. The molecule has 7 heteroatoms. The van der Waals surface area contributed by atoms with Crippen LogP contribution in [0.2, 0.25) is 0 Å². The first-order valence-electron chi connectivity index (χ1n) is 12.9. The zero-order valence-electron chi connectivity index (χ0n) is 23.5. The average Bonchev–Trinajstić information content (AvgIpc) is 2.86. The predicted molar refractivity (Wildman–Crippen MR) is 159 cm³/mol. The average molecular weight is 548 g/mol. The second-order valence-electron chi connectivity index (χ2n) is 11.3. The van der Waals surface area contributed by atoms with Gasteiger partial charge < -0.3 is 15.2 Å². The summed E-state index contributed by atoms with van der Waals surface area (Å²) in [4.78, 5) is 41.2. The number of hydrogen-bond acceptors (Lipinski definition) is 6. The van der Waals surface area contributed by atoms with E-state index in [4.69, 9.17) is 15.2 Å². The summed E-state index contributed by atoms with van der Waals surface area (Å²) in [6, 6.07) is 27.3. The second-order valence-corrected chi connectivity index (χ2v) is 14.6. The topological polar surface area (TPSA) is 95.7 Å². The van der Waals surface area contributed by atoms with Gasteiger partial charge in [-0.2, -0.15) is 0 Å². The van der Waals surface area contributed by atoms with E-state index in [0.717, 1.165) is 15.9 Å². The van der Waals surface area contributed by atoms with Gasteiger partial charge in [-0.3, -0.25) is 9.59 Å². The third kappa shape index (κ3) is 7.35. The number of rotatable bonds is 8. The minimum atomic E-state index is -3.10. The maximum atomic E-state index is 14.3. The molecule has 6 nitrogen and oxygen atoms in total. The van der Waals surface area contributed by atoms with E-state index in [9.17, 15) is 14.4 Å². The number of nitrogens with two attached hydrogens (primary N) is 1. The Kier molecular flexibility index (Phi) is 9.37. The highest BCUT2D eigenvalue weighted by molar-refractivity contribution is 7.97. The lowest BCUT2D eigenvalue weighted by atomic mass is 10.1. The van der Waals surface area contributed by atoms with Gasteiger partial charge in [0.15, 0.2) is 5.78 Å². The summed E-state index contributed by atoms with van der Waals surface area (Å²) in [6.07, 6.45) is -0.405. The van der Waals surface area contributed by atoms with Gasteiger partial charge in [-0.25, -0.2) is 4.79 Å². The van der Waals surface area contributed by atoms with Gasteiger partial charge in [0.05, 0.1) is 0 Å². The van der Waals surface area contributed by atoms with E-state index in [1.165, 1.54) is 0 Å². The molecule has 0 aliphatic heterocycles. The Bertz CT molecular complexity index is 1250. The van der Waals surface area contributed by atoms with Crippen molar-refractivity contribution in [1.29, 1.82) is 0 Å². The number of carbonyl (C=O) groups excluding carboxylic acids is 3. The number of Topliss-reactive ketones (excluding diaryl/α,β-unsaturated/α-hetero) is 1. The summed E-state index contributed by atoms with van der Waals surface area (Å²) >= 11 is 0. The molecule has 0 aliphatic carbocycles. The number of carbonyl (C=O) groups is 3. The number of hydrogen-bond donors (Lipinski definition) is 1. The fraction of sp³-hybridized carbons (Fsp3) is 0.312. The van der Waals surface area contributed by atoms with Gasteiger partial charge in [0, 0.05) is 6.42 Å². The van der Waals surface area contributed by atoms with Gasteiger partial charge in [-0.1, -0.05) is 91.0 Å². The van der Waals surface area contributed by atoms with Crippen molar-refractivity contribution in [2.24, 2.45) is 5.73 Å². The summed E-state index contributed by atoms with van der Waals surface area (Å²) in [5, 5.41) is 2.41. The first-order valence-corrected chi connectivity index (χ1v) is 14.7. The molecule has 0 spiro atoms. The molecule has 0 amide bonds. The van der Waals surface area contributed by atoms with Crippen molar-refractivity contribution in [2.45, 2.75) is 65.2 Å². The Hall–Kier alpha value is -3.47. The summed E-state index contributed by atoms with van der Waals surface area (Å²) in [5.41, 5.74) is 4.56. The standard InChI is InChI=1S/C32H38NO5P/c1-31(2,3)37-29(35)26(33)22-27(34)28(30(36)38-32(4,5)6)39(23-16-10-7-11-17-23,24-18-12-8-13-19-24)25-20-14-9-15-21-25/h7-21,26H,22,33H2,1-6H3/t26-/m0/s1. The first kappa shape index (κ1) is 30.1. The van der Waals surface area contributed by atoms with Crippen molar-refractivity contribution in [1.82, 2.24) is 0 Å². The third-order valence-electron chi connectivity index (χ3n) is 5.74. The predicted octanol–water partition coefficient (Wildman–Crippen LogP) is 4.12. The van der Waals surface area contributed by atoms with E-state index >= 15 is 0 Å². The molecule has 0 aromatic heterocycles. The summed E-state index contributed by atoms with van der Waals surface area (Å²) in [5.74, 6) is -1.98. The van der Waals surface area contributed by atoms with Crippen LogP contribution >= 0.6 is 6.89 Å². The highest BCUT2D eigenvalue weighted by atomic mass is 31.2. The SMILES string of the molecule is CC(C)(C)OC(=O)C(C(=O)C[C@H](N)C(=O)OC(C)(C)C)=P(c1ccccc1)(c1ccccc1)c1ccccc1. The Morgan fingerprint density at radius 2 is 1.03 bits per heavy atom. The van der Waals surface area contributed by atoms with Crippen LogP contribution in [0.25, 0.3) is 0 Å². The molecule has 0 saturated carbocycles. The van der Waals surface area contributed by atoms with E-state index in [-0.39, 0.29) is 5.29 Å². The Balaban J connectivity index is 2.44. The smallest absolute Gasteiger partial charge is 0.343 e. The van der Waals surface area contributed by atoms with Crippen molar-refractivity contribution in [3.05, 3.63) is 91.0 Å². The van der Waals surface area contributed by atoms with Gasteiger partial charge >= 0.3 is 11.9 Å². The molecule has 0 aliphatic rings. The molecular weight excluding hydrogens is 509 g/mol. The Morgan fingerprint density at radius 1 is 0.667 bits per heavy atom. The van der Waals surface area contributed by atoms with Crippen molar-refractivity contribution in [3.8, 4) is 0 Å². The number of esters is 2. The minimum Gasteiger partial charge on any atom is -0.459 e. The molecular formula is C32H38NO5P.